The first kappa shape index (κ1) is 59.7. The van der Waals surface area contributed by atoms with E-state index in [1.807, 2.05) is 51.2 Å². The third kappa shape index (κ3) is 16.0. The first-order chi connectivity index (χ1) is 33.4. The molecule has 16 nitrogen and oxygen atoms in total. The van der Waals surface area contributed by atoms with E-state index in [-0.39, 0.29) is 42.8 Å². The van der Waals surface area contributed by atoms with Gasteiger partial charge in [-0.2, -0.15) is 0 Å². The zero-order chi connectivity index (χ0) is 53.0. The Hall–Kier alpha value is -3.90. The normalized spacial score (nSPS) is 38.2. The van der Waals surface area contributed by atoms with Crippen LogP contribution in [0.15, 0.2) is 47.6 Å². The quantitative estimate of drug-likeness (QED) is 0.135. The van der Waals surface area contributed by atoms with E-state index in [2.05, 4.69) is 0 Å². The molecule has 0 unspecified atom stereocenters. The Balaban J connectivity index is 1.70. The number of rotatable bonds is 8. The van der Waals surface area contributed by atoms with Gasteiger partial charge in [0.25, 0.3) is 11.7 Å². The predicted molar refractivity (Wildman–Crippen MR) is 267 cm³/mol. The number of nitrogens with two attached hydrogens (primary N) is 1. The number of piperidine rings is 1. The van der Waals surface area contributed by atoms with Crippen molar-refractivity contribution in [1.82, 2.24) is 4.90 Å². The Labute approximate surface area is 422 Å². The summed E-state index contributed by atoms with van der Waals surface area (Å²) in [5, 5.41) is 23.5. The molecule has 0 radical (unpaired) electrons. The molecular formula is C55H86N2O14. The monoisotopic (exact) mass is 999 g/mol. The number of esters is 2. The van der Waals surface area contributed by atoms with Gasteiger partial charge in [-0.3, -0.25) is 24.0 Å². The molecule has 1 aliphatic carbocycles. The third-order valence-electron chi connectivity index (χ3n) is 15.2. The Kier molecular flexibility index (Phi) is 22.6. The highest BCUT2D eigenvalue weighted by atomic mass is 16.6. The van der Waals surface area contributed by atoms with Gasteiger partial charge >= 0.3 is 11.9 Å². The zero-order valence-electron chi connectivity index (χ0n) is 44.6. The minimum Gasteiger partial charge on any atom is -0.460 e. The van der Waals surface area contributed by atoms with Gasteiger partial charge in [0.2, 0.25) is 5.79 Å². The lowest BCUT2D eigenvalue weighted by atomic mass is 9.78. The Morgan fingerprint density at radius 3 is 2.24 bits per heavy atom. The van der Waals surface area contributed by atoms with Crippen LogP contribution in [-0.4, -0.2) is 138 Å². The van der Waals surface area contributed by atoms with Crippen LogP contribution in [0.25, 0.3) is 0 Å². The number of allylic oxidation sites excluding steroid dienone is 6. The molecule has 4 rings (SSSR count). The lowest BCUT2D eigenvalue weighted by Crippen LogP contribution is -2.61. The summed E-state index contributed by atoms with van der Waals surface area (Å²) in [6.45, 7) is 15.8. The lowest BCUT2D eigenvalue weighted by molar-refractivity contribution is -0.265. The molecule has 0 spiro atoms. The summed E-state index contributed by atoms with van der Waals surface area (Å²) in [5.41, 5.74) is 6.07. The first-order valence-corrected chi connectivity index (χ1v) is 25.8. The van der Waals surface area contributed by atoms with Crippen molar-refractivity contribution < 1.29 is 67.4 Å². The second kappa shape index (κ2) is 26.9. The summed E-state index contributed by atoms with van der Waals surface area (Å²) in [6.07, 6.45) is 10.6. The SMILES string of the molecule is CO[C@H]1C[C@@H]2CC[C@@H](C)[C@@](O)(O2)C(=O)C(=O)N2CCCC[C@H]2C(=O)O[C@H]([C@H](C)C[C@@H]2CC[C@@H](OC(=O)C(C)(C)N)[C@H](OC)C2)CC(=O)[C@H](C)/C=C(\C)[C@@H](O)[C@@H](OC)C(=O)[C@H](C)C[C@H](C)/C=C/C=C/C=C/1C. The summed E-state index contributed by atoms with van der Waals surface area (Å²) in [6, 6.07) is -1.17. The fraction of sp³-hybridized carbons (Fsp3) is 0.745. The molecule has 3 aliphatic heterocycles. The summed E-state index contributed by atoms with van der Waals surface area (Å²) in [5.74, 6) is -8.86. The number of hydrogen-bond donors (Lipinski definition) is 3. The molecule has 2 bridgehead atoms. The van der Waals surface area contributed by atoms with Crippen LogP contribution in [0, 0.1) is 35.5 Å². The molecule has 15 atom stereocenters. The van der Waals surface area contributed by atoms with Gasteiger partial charge in [0.15, 0.2) is 5.78 Å². The second-order valence-corrected chi connectivity index (χ2v) is 21.7. The molecule has 0 aromatic rings. The van der Waals surface area contributed by atoms with Crippen molar-refractivity contribution in [3.05, 3.63) is 47.6 Å². The summed E-state index contributed by atoms with van der Waals surface area (Å²) >= 11 is 0. The Morgan fingerprint density at radius 2 is 1.59 bits per heavy atom. The Morgan fingerprint density at radius 1 is 0.887 bits per heavy atom. The second-order valence-electron chi connectivity index (χ2n) is 21.7. The number of aliphatic hydroxyl groups excluding tert-OH is 1. The van der Waals surface area contributed by atoms with Crippen molar-refractivity contribution in [2.75, 3.05) is 27.9 Å². The fourth-order valence-corrected chi connectivity index (χ4v) is 10.5. The maximum Gasteiger partial charge on any atom is 0.329 e. The molecule has 3 heterocycles. The summed E-state index contributed by atoms with van der Waals surface area (Å²) < 4.78 is 35.5. The molecule has 400 valence electrons. The number of Topliss-reactive ketones (excluding diaryl/α,β-unsaturated/α-hetero) is 3. The van der Waals surface area contributed by atoms with Crippen molar-refractivity contribution in [3.63, 3.8) is 0 Å². The molecular weight excluding hydrogens is 913 g/mol. The van der Waals surface area contributed by atoms with Crippen LogP contribution in [0.1, 0.15) is 139 Å². The summed E-state index contributed by atoms with van der Waals surface area (Å²) in [4.78, 5) is 85.1. The van der Waals surface area contributed by atoms with Gasteiger partial charge in [0.1, 0.15) is 41.8 Å². The van der Waals surface area contributed by atoms with Crippen molar-refractivity contribution in [3.8, 4) is 0 Å². The molecule has 4 N–H and O–H groups in total. The minimum atomic E-state index is -2.45. The van der Waals surface area contributed by atoms with Crippen LogP contribution in [0.2, 0.25) is 0 Å². The van der Waals surface area contributed by atoms with Crippen molar-refractivity contribution >= 4 is 35.2 Å². The average molecular weight is 999 g/mol. The number of cyclic esters (lactones) is 1. The number of amides is 1. The number of aliphatic hydroxyl groups is 2. The fourth-order valence-electron chi connectivity index (χ4n) is 10.5. The Bertz CT molecular complexity index is 1970. The molecule has 4 aliphatic rings. The number of carbonyl (C=O) groups excluding carboxylic acids is 6. The zero-order valence-corrected chi connectivity index (χ0v) is 44.6. The van der Waals surface area contributed by atoms with Crippen LogP contribution in [0.4, 0.5) is 0 Å². The van der Waals surface area contributed by atoms with Gasteiger partial charge in [-0.1, -0.05) is 71.1 Å². The smallest absolute Gasteiger partial charge is 0.329 e. The van der Waals surface area contributed by atoms with E-state index in [1.165, 1.54) is 12.0 Å². The molecule has 2 saturated heterocycles. The van der Waals surface area contributed by atoms with Gasteiger partial charge in [0, 0.05) is 58.5 Å². The standard InChI is InChI=1S/C55H86N2O14/c1-32-18-14-13-15-19-33(2)44(66-10)30-40-23-21-38(7)55(65,71-40)50(61)51(62)57-25-17-16-20-41(57)52(63)69-45(31-42(58)34(3)27-37(6)48(60)49(68-12)47(59)36(5)26-32)35(4)28-39-22-24-43(46(29-39)67-11)70-53(64)54(8,9)56/h13-15,18-19,27,32,34-36,38-41,43-46,48-49,60,65H,16-17,20-26,28-31,56H2,1-12H3/b15-13+,18-14+,33-19+,37-27+/t32-,34-,35-,36-,38-,39+,40+,41+,43-,44+,45+,46-,48-,49+,55-/m1/s1. The predicted octanol–water partition coefficient (Wildman–Crippen LogP) is 6.47. The maximum atomic E-state index is 14.5. The van der Waals surface area contributed by atoms with Gasteiger partial charge < -0.3 is 49.3 Å². The number of ketones is 3. The van der Waals surface area contributed by atoms with Gasteiger partial charge in [-0.25, -0.2) is 4.79 Å². The third-order valence-corrected chi connectivity index (χ3v) is 15.2. The number of methoxy groups -OCH3 is 3. The van der Waals surface area contributed by atoms with Gasteiger partial charge in [-0.15, -0.1) is 0 Å². The highest BCUT2D eigenvalue weighted by Gasteiger charge is 2.53. The number of hydrogen-bond acceptors (Lipinski definition) is 15. The summed E-state index contributed by atoms with van der Waals surface area (Å²) in [7, 11) is 4.50. The van der Waals surface area contributed by atoms with Crippen LogP contribution in [-0.2, 0) is 57.2 Å². The lowest BCUT2D eigenvalue weighted by Gasteiger charge is -2.42. The maximum absolute atomic E-state index is 14.5. The minimum absolute atomic E-state index is 0.00448. The van der Waals surface area contributed by atoms with Crippen LogP contribution in [0.3, 0.4) is 0 Å². The molecule has 1 amide bonds. The van der Waals surface area contributed by atoms with E-state index in [9.17, 15) is 39.0 Å². The van der Waals surface area contributed by atoms with Crippen LogP contribution < -0.4 is 5.73 Å². The number of ether oxygens (including phenoxy) is 6. The van der Waals surface area contributed by atoms with E-state index in [0.29, 0.717) is 69.8 Å². The average Bonchev–Trinajstić information content (AvgIpc) is 3.33. The van der Waals surface area contributed by atoms with Crippen LogP contribution >= 0.6 is 0 Å². The highest BCUT2D eigenvalue weighted by Crippen LogP contribution is 2.38. The molecule has 16 heteroatoms. The molecule has 3 fully saturated rings. The van der Waals surface area contributed by atoms with Crippen LogP contribution in [0.5, 0.6) is 0 Å². The largest absolute Gasteiger partial charge is 0.460 e. The van der Waals surface area contributed by atoms with Crippen molar-refractivity contribution in [2.45, 2.75) is 199 Å². The van der Waals surface area contributed by atoms with E-state index in [0.717, 1.165) is 5.57 Å². The number of nitrogens with zero attached hydrogens (tertiary/aromatic N) is 1. The van der Waals surface area contributed by atoms with Gasteiger partial charge in [-0.05, 0) is 121 Å². The first-order valence-electron chi connectivity index (χ1n) is 25.8. The topological polar surface area (TPSA) is 228 Å². The van der Waals surface area contributed by atoms with E-state index < -0.39 is 107 Å². The van der Waals surface area contributed by atoms with E-state index in [4.69, 9.17) is 34.2 Å². The van der Waals surface area contributed by atoms with Crippen molar-refractivity contribution in [2.24, 2.45) is 41.2 Å². The van der Waals surface area contributed by atoms with Gasteiger partial charge in [0.05, 0.1) is 18.3 Å². The number of carbonyl (C=O) groups is 6. The number of fused-ring (bicyclic) bond motifs is 3. The van der Waals surface area contributed by atoms with E-state index >= 15 is 0 Å². The highest BCUT2D eigenvalue weighted by molar-refractivity contribution is 6.39. The molecule has 0 aromatic carbocycles. The molecule has 0 aromatic heterocycles. The van der Waals surface area contributed by atoms with Crippen molar-refractivity contribution in [1.29, 1.82) is 0 Å². The molecule has 71 heavy (non-hydrogen) atoms. The van der Waals surface area contributed by atoms with E-state index in [1.54, 1.807) is 61.8 Å². The molecule has 1 saturated carbocycles.